The zero-order chi connectivity index (χ0) is 8.91. The minimum Gasteiger partial charge on any atom is -0.375 e. The summed E-state index contributed by atoms with van der Waals surface area (Å²) in [6.07, 6.45) is 0.502. The van der Waals surface area contributed by atoms with Gasteiger partial charge in [0, 0.05) is 6.42 Å². The second-order valence-corrected chi connectivity index (χ2v) is 3.94. The number of ketones is 1. The van der Waals surface area contributed by atoms with E-state index in [-0.39, 0.29) is 11.4 Å². The summed E-state index contributed by atoms with van der Waals surface area (Å²) in [5, 5.41) is 0.431. The van der Waals surface area contributed by atoms with Gasteiger partial charge in [-0.15, -0.1) is 0 Å². The van der Waals surface area contributed by atoms with E-state index in [1.165, 1.54) is 0 Å². The van der Waals surface area contributed by atoms with E-state index < -0.39 is 0 Å². The molecule has 11 heavy (non-hydrogen) atoms. The lowest BCUT2D eigenvalue weighted by atomic mass is 10.2. The molecule has 0 bridgehead atoms. The third-order valence-corrected chi connectivity index (χ3v) is 1.69. The Morgan fingerprint density at radius 2 is 2.00 bits per heavy atom. The molecule has 0 aliphatic heterocycles. The predicted molar refractivity (Wildman–Crippen MR) is 49.1 cm³/mol. The first-order chi connectivity index (χ1) is 4.95. The number of rotatable bonds is 4. The maximum absolute atomic E-state index is 10.8. The zero-order valence-electron chi connectivity index (χ0n) is 7.32. The first-order valence-corrected chi connectivity index (χ1v) is 4.79. The minimum atomic E-state index is -0.132. The fourth-order valence-electron chi connectivity index (χ4n) is 0.538. The number of alkyl halides is 1. The van der Waals surface area contributed by atoms with E-state index in [1.807, 2.05) is 20.8 Å². The lowest BCUT2D eigenvalue weighted by Crippen LogP contribution is -2.21. The van der Waals surface area contributed by atoms with Gasteiger partial charge in [-0.25, -0.2) is 0 Å². The summed E-state index contributed by atoms with van der Waals surface area (Å²) in [7, 11) is 0. The van der Waals surface area contributed by atoms with Gasteiger partial charge in [-0.1, -0.05) is 15.9 Å². The molecule has 0 aromatic heterocycles. The maximum Gasteiger partial charge on any atom is 0.145 e. The topological polar surface area (TPSA) is 26.3 Å². The van der Waals surface area contributed by atoms with Gasteiger partial charge in [-0.05, 0) is 20.8 Å². The van der Waals surface area contributed by atoms with Crippen LogP contribution in [0.15, 0.2) is 0 Å². The van der Waals surface area contributed by atoms with Crippen molar-refractivity contribution in [3.8, 4) is 0 Å². The smallest absolute Gasteiger partial charge is 0.145 e. The molecule has 0 amide bonds. The Kier molecular flexibility index (Phi) is 4.93. The standard InChI is InChI=1S/C8H15BrO2/c1-8(2,3)11-5-4-7(10)6-9/h4-6H2,1-3H3. The quantitative estimate of drug-likeness (QED) is 0.682. The van der Waals surface area contributed by atoms with Crippen molar-refractivity contribution in [3.63, 3.8) is 0 Å². The van der Waals surface area contributed by atoms with Crippen LogP contribution in [0, 0.1) is 0 Å². The van der Waals surface area contributed by atoms with Gasteiger partial charge in [0.1, 0.15) is 5.78 Å². The van der Waals surface area contributed by atoms with Crippen LogP contribution in [0.1, 0.15) is 27.2 Å². The van der Waals surface area contributed by atoms with Crippen molar-refractivity contribution in [1.82, 2.24) is 0 Å². The number of carbonyl (C=O) groups excluding carboxylic acids is 1. The molecule has 3 heteroatoms. The third kappa shape index (κ3) is 8.01. The van der Waals surface area contributed by atoms with Gasteiger partial charge in [0.15, 0.2) is 0 Å². The van der Waals surface area contributed by atoms with Crippen LogP contribution in [0.5, 0.6) is 0 Å². The van der Waals surface area contributed by atoms with Gasteiger partial charge in [-0.3, -0.25) is 4.79 Å². The van der Waals surface area contributed by atoms with Gasteiger partial charge < -0.3 is 4.74 Å². The molecule has 0 heterocycles. The molecule has 0 aromatic carbocycles. The number of carbonyl (C=O) groups is 1. The van der Waals surface area contributed by atoms with Crippen molar-refractivity contribution in [2.75, 3.05) is 11.9 Å². The molecule has 0 aliphatic carbocycles. The summed E-state index contributed by atoms with van der Waals surface area (Å²) in [6.45, 7) is 6.46. The molecular weight excluding hydrogens is 208 g/mol. The molecule has 0 N–H and O–H groups in total. The van der Waals surface area contributed by atoms with E-state index in [1.54, 1.807) is 0 Å². The molecule has 0 atom stereocenters. The van der Waals surface area contributed by atoms with Crippen molar-refractivity contribution < 1.29 is 9.53 Å². The highest BCUT2D eigenvalue weighted by Crippen LogP contribution is 2.06. The van der Waals surface area contributed by atoms with Gasteiger partial charge in [-0.2, -0.15) is 0 Å². The number of ether oxygens (including phenoxy) is 1. The predicted octanol–water partition coefficient (Wildman–Crippen LogP) is 2.16. The summed E-state index contributed by atoms with van der Waals surface area (Å²) >= 11 is 3.09. The van der Waals surface area contributed by atoms with E-state index in [9.17, 15) is 4.79 Å². The summed E-state index contributed by atoms with van der Waals surface area (Å²) in [4.78, 5) is 10.8. The largest absolute Gasteiger partial charge is 0.375 e. The molecule has 0 rings (SSSR count). The molecule has 0 spiro atoms. The van der Waals surface area contributed by atoms with E-state index in [0.29, 0.717) is 18.4 Å². The first-order valence-electron chi connectivity index (χ1n) is 3.67. The van der Waals surface area contributed by atoms with E-state index >= 15 is 0 Å². The molecule has 0 aromatic rings. The van der Waals surface area contributed by atoms with Gasteiger partial charge in [0.05, 0.1) is 17.5 Å². The molecule has 0 radical (unpaired) electrons. The Morgan fingerprint density at radius 3 is 2.36 bits per heavy atom. The second-order valence-electron chi connectivity index (χ2n) is 3.38. The fraction of sp³-hybridized carbons (Fsp3) is 0.875. The summed E-state index contributed by atoms with van der Waals surface area (Å²) < 4.78 is 5.36. The van der Waals surface area contributed by atoms with Crippen LogP contribution < -0.4 is 0 Å². The molecular formula is C8H15BrO2. The molecule has 0 aliphatic rings. The lowest BCUT2D eigenvalue weighted by molar-refractivity contribution is -0.118. The van der Waals surface area contributed by atoms with Crippen LogP contribution in [-0.4, -0.2) is 23.3 Å². The Morgan fingerprint density at radius 1 is 1.45 bits per heavy atom. The van der Waals surface area contributed by atoms with Crippen LogP contribution >= 0.6 is 15.9 Å². The Labute approximate surface area is 76.4 Å². The third-order valence-electron chi connectivity index (χ3n) is 1.07. The van der Waals surface area contributed by atoms with Crippen molar-refractivity contribution in [2.24, 2.45) is 0 Å². The monoisotopic (exact) mass is 222 g/mol. The summed E-state index contributed by atoms with van der Waals surface area (Å²) in [5.74, 6) is 0.189. The summed E-state index contributed by atoms with van der Waals surface area (Å²) in [5.41, 5.74) is -0.132. The zero-order valence-corrected chi connectivity index (χ0v) is 8.90. The van der Waals surface area contributed by atoms with Gasteiger partial charge >= 0.3 is 0 Å². The second kappa shape index (κ2) is 4.88. The van der Waals surface area contributed by atoms with Crippen molar-refractivity contribution in [1.29, 1.82) is 0 Å². The number of halogens is 1. The van der Waals surface area contributed by atoms with Crippen LogP contribution in [-0.2, 0) is 9.53 Å². The molecule has 0 fully saturated rings. The van der Waals surface area contributed by atoms with E-state index in [4.69, 9.17) is 4.74 Å². The Hall–Kier alpha value is 0.110. The van der Waals surface area contributed by atoms with Gasteiger partial charge in [0.2, 0.25) is 0 Å². The van der Waals surface area contributed by atoms with Crippen LogP contribution in [0.3, 0.4) is 0 Å². The van der Waals surface area contributed by atoms with Crippen LogP contribution in [0.2, 0.25) is 0 Å². The highest BCUT2D eigenvalue weighted by atomic mass is 79.9. The molecule has 66 valence electrons. The molecule has 2 nitrogen and oxygen atoms in total. The first kappa shape index (κ1) is 11.1. The Bertz CT molecular complexity index is 127. The normalized spacial score (nSPS) is 11.6. The average Bonchev–Trinajstić information content (AvgIpc) is 1.85. The van der Waals surface area contributed by atoms with E-state index in [2.05, 4.69) is 15.9 Å². The molecule has 0 unspecified atom stereocenters. The number of Topliss-reactive ketones (excluding diaryl/α,β-unsaturated/α-hetero) is 1. The molecule has 0 saturated carbocycles. The van der Waals surface area contributed by atoms with Gasteiger partial charge in [0.25, 0.3) is 0 Å². The SMILES string of the molecule is CC(C)(C)OCCC(=O)CBr. The summed E-state index contributed by atoms with van der Waals surface area (Å²) in [6, 6.07) is 0. The maximum atomic E-state index is 10.8. The lowest BCUT2D eigenvalue weighted by Gasteiger charge is -2.18. The van der Waals surface area contributed by atoms with Crippen LogP contribution in [0.25, 0.3) is 0 Å². The average molecular weight is 223 g/mol. The fourth-order valence-corrected chi connectivity index (χ4v) is 0.818. The number of hydrogen-bond acceptors (Lipinski definition) is 2. The van der Waals surface area contributed by atoms with Crippen molar-refractivity contribution in [2.45, 2.75) is 32.8 Å². The highest BCUT2D eigenvalue weighted by Gasteiger charge is 2.10. The highest BCUT2D eigenvalue weighted by molar-refractivity contribution is 9.09. The van der Waals surface area contributed by atoms with E-state index in [0.717, 1.165) is 0 Å². The minimum absolute atomic E-state index is 0.132. The van der Waals surface area contributed by atoms with Crippen molar-refractivity contribution in [3.05, 3.63) is 0 Å². The Balaban J connectivity index is 3.35. The van der Waals surface area contributed by atoms with Crippen molar-refractivity contribution >= 4 is 21.7 Å². The molecule has 0 saturated heterocycles. The number of hydrogen-bond donors (Lipinski definition) is 0. The van der Waals surface area contributed by atoms with Crippen LogP contribution in [0.4, 0.5) is 0 Å².